The summed E-state index contributed by atoms with van der Waals surface area (Å²) in [5.74, 6) is 0.932. The first-order valence-corrected chi connectivity index (χ1v) is 4.62. The standard InChI is InChI=1S/C10H13N2O.W/c1-7-8(2)11-9-5-3-4-6-12(9)10(7)13;/h1,3-6H2,2H3;/q-1;. The largest absolute Gasteiger partial charge is 0.351 e. The second-order valence-corrected chi connectivity index (χ2v) is 3.51. The van der Waals surface area contributed by atoms with Crippen molar-refractivity contribution in [3.05, 3.63) is 34.4 Å². The molecule has 0 atom stereocenters. The minimum atomic E-state index is 0. The number of aromatic nitrogens is 2. The topological polar surface area (TPSA) is 34.9 Å². The van der Waals surface area contributed by atoms with Gasteiger partial charge in [0, 0.05) is 34.0 Å². The molecular formula is C10H13N2OW-. The molecule has 0 aliphatic carbocycles. The molecule has 0 aromatic carbocycles. The number of rotatable bonds is 0. The molecule has 3 nitrogen and oxygen atoms in total. The molecule has 1 aliphatic rings. The molecule has 2 heterocycles. The smallest absolute Gasteiger partial charge is 0.144 e. The van der Waals surface area contributed by atoms with E-state index in [1.54, 1.807) is 4.57 Å². The number of aryl methyl sites for hydroxylation is 2. The van der Waals surface area contributed by atoms with Crippen molar-refractivity contribution in [2.75, 3.05) is 0 Å². The summed E-state index contributed by atoms with van der Waals surface area (Å²) in [4.78, 5) is 16.1. The van der Waals surface area contributed by atoms with Crippen molar-refractivity contribution < 1.29 is 21.1 Å². The Balaban J connectivity index is 0.000000980. The van der Waals surface area contributed by atoms with Crippen LogP contribution in [0.5, 0.6) is 0 Å². The van der Waals surface area contributed by atoms with Crippen molar-refractivity contribution >= 4 is 0 Å². The van der Waals surface area contributed by atoms with Crippen LogP contribution in [0, 0.1) is 13.8 Å². The van der Waals surface area contributed by atoms with Gasteiger partial charge in [-0.3, -0.25) is 0 Å². The SMILES string of the molecule is [CH2-]c1c(C)nc2n(c1=O)CCCC2.[W]. The number of hydrogen-bond acceptors (Lipinski definition) is 2. The Morgan fingerprint density at radius 1 is 1.43 bits per heavy atom. The Morgan fingerprint density at radius 2 is 2.14 bits per heavy atom. The van der Waals surface area contributed by atoms with Gasteiger partial charge in [-0.1, -0.05) is 12.6 Å². The zero-order valence-corrected chi connectivity index (χ0v) is 11.2. The predicted molar refractivity (Wildman–Crippen MR) is 50.6 cm³/mol. The van der Waals surface area contributed by atoms with Crippen molar-refractivity contribution in [1.29, 1.82) is 0 Å². The van der Waals surface area contributed by atoms with Gasteiger partial charge in [0.15, 0.2) is 0 Å². The van der Waals surface area contributed by atoms with E-state index in [-0.39, 0.29) is 26.6 Å². The van der Waals surface area contributed by atoms with Gasteiger partial charge in [-0.2, -0.15) is 6.92 Å². The van der Waals surface area contributed by atoms with E-state index in [2.05, 4.69) is 11.9 Å². The summed E-state index contributed by atoms with van der Waals surface area (Å²) in [6.07, 6.45) is 3.15. The Hall–Kier alpha value is -0.562. The maximum Gasteiger partial charge on any atom is 0.144 e. The van der Waals surface area contributed by atoms with E-state index in [9.17, 15) is 4.79 Å². The van der Waals surface area contributed by atoms with Crippen LogP contribution in [0.25, 0.3) is 0 Å². The van der Waals surface area contributed by atoms with E-state index >= 15 is 0 Å². The van der Waals surface area contributed by atoms with Gasteiger partial charge in [-0.15, -0.1) is 5.56 Å². The summed E-state index contributed by atoms with van der Waals surface area (Å²) in [7, 11) is 0. The van der Waals surface area contributed by atoms with Crippen LogP contribution < -0.4 is 5.56 Å². The third kappa shape index (κ3) is 1.78. The molecule has 0 radical (unpaired) electrons. The Kier molecular flexibility index (Phi) is 3.54. The third-order valence-corrected chi connectivity index (χ3v) is 2.58. The van der Waals surface area contributed by atoms with Crippen molar-refractivity contribution in [2.45, 2.75) is 32.7 Å². The first-order valence-electron chi connectivity index (χ1n) is 4.62. The monoisotopic (exact) mass is 361 g/mol. The summed E-state index contributed by atoms with van der Waals surface area (Å²) in [5.41, 5.74) is 1.37. The maximum atomic E-state index is 11.7. The van der Waals surface area contributed by atoms with Crippen LogP contribution in [0.4, 0.5) is 0 Å². The molecule has 0 fully saturated rings. The van der Waals surface area contributed by atoms with Gasteiger partial charge in [0.05, 0.1) is 5.82 Å². The van der Waals surface area contributed by atoms with Crippen molar-refractivity contribution in [3.63, 3.8) is 0 Å². The van der Waals surface area contributed by atoms with Gasteiger partial charge in [0.2, 0.25) is 0 Å². The van der Waals surface area contributed by atoms with Crippen LogP contribution in [0.3, 0.4) is 0 Å². The van der Waals surface area contributed by atoms with E-state index in [4.69, 9.17) is 0 Å². The molecule has 0 amide bonds. The maximum absolute atomic E-state index is 11.7. The Bertz CT molecular complexity index is 398. The third-order valence-electron chi connectivity index (χ3n) is 2.58. The molecule has 0 bridgehead atoms. The molecule has 76 valence electrons. The minimum Gasteiger partial charge on any atom is -0.351 e. The number of hydrogen-bond donors (Lipinski definition) is 0. The fraction of sp³-hybridized carbons (Fsp3) is 0.500. The number of nitrogens with zero attached hydrogens (tertiary/aromatic N) is 2. The molecule has 2 rings (SSSR count). The van der Waals surface area contributed by atoms with Gasteiger partial charge in [-0.05, 0) is 12.8 Å². The fourth-order valence-corrected chi connectivity index (χ4v) is 1.73. The average molecular weight is 361 g/mol. The van der Waals surface area contributed by atoms with Crippen molar-refractivity contribution in [3.8, 4) is 0 Å². The second kappa shape index (κ2) is 4.31. The molecule has 4 heteroatoms. The van der Waals surface area contributed by atoms with Crippen LogP contribution >= 0.6 is 0 Å². The van der Waals surface area contributed by atoms with E-state index in [1.807, 2.05) is 6.92 Å². The summed E-state index contributed by atoms with van der Waals surface area (Å²) in [6.45, 7) is 6.39. The molecule has 1 aromatic heterocycles. The van der Waals surface area contributed by atoms with Gasteiger partial charge < -0.3 is 14.3 Å². The summed E-state index contributed by atoms with van der Waals surface area (Å²) in [5, 5.41) is 0. The summed E-state index contributed by atoms with van der Waals surface area (Å²) >= 11 is 0. The normalized spacial score (nSPS) is 14.4. The van der Waals surface area contributed by atoms with Crippen molar-refractivity contribution in [1.82, 2.24) is 9.55 Å². The molecular weight excluding hydrogens is 348 g/mol. The Morgan fingerprint density at radius 3 is 2.86 bits per heavy atom. The van der Waals surface area contributed by atoms with E-state index in [0.29, 0.717) is 5.56 Å². The molecule has 0 N–H and O–H groups in total. The van der Waals surface area contributed by atoms with Crippen molar-refractivity contribution in [2.24, 2.45) is 0 Å². The molecule has 0 saturated carbocycles. The van der Waals surface area contributed by atoms with Crippen LogP contribution in [0.15, 0.2) is 4.79 Å². The van der Waals surface area contributed by atoms with Gasteiger partial charge in [-0.25, -0.2) is 0 Å². The molecule has 0 saturated heterocycles. The molecule has 0 spiro atoms. The first-order chi connectivity index (χ1) is 6.20. The van der Waals surface area contributed by atoms with Gasteiger partial charge in [0.25, 0.3) is 0 Å². The first kappa shape index (κ1) is 11.5. The van der Waals surface area contributed by atoms with Gasteiger partial charge in [0.1, 0.15) is 5.56 Å². The zero-order valence-electron chi connectivity index (χ0n) is 8.25. The number of fused-ring (bicyclic) bond motifs is 1. The fourth-order valence-electron chi connectivity index (χ4n) is 1.73. The van der Waals surface area contributed by atoms with Crippen LogP contribution in [0.2, 0.25) is 0 Å². The average Bonchev–Trinajstić information content (AvgIpc) is 2.15. The molecule has 0 unspecified atom stereocenters. The van der Waals surface area contributed by atoms with E-state index < -0.39 is 0 Å². The van der Waals surface area contributed by atoms with E-state index in [0.717, 1.165) is 37.3 Å². The van der Waals surface area contributed by atoms with Crippen LogP contribution in [-0.2, 0) is 34.0 Å². The minimum absolute atomic E-state index is 0. The molecule has 14 heavy (non-hydrogen) atoms. The Labute approximate surface area is 97.8 Å². The zero-order chi connectivity index (χ0) is 9.42. The quantitative estimate of drug-likeness (QED) is 0.648. The molecule has 1 aliphatic heterocycles. The second-order valence-electron chi connectivity index (χ2n) is 3.51. The van der Waals surface area contributed by atoms with E-state index in [1.165, 1.54) is 0 Å². The summed E-state index contributed by atoms with van der Waals surface area (Å²) < 4.78 is 1.76. The predicted octanol–water partition coefficient (Wildman–Crippen LogP) is 1.07. The molecule has 1 aromatic rings. The van der Waals surface area contributed by atoms with Crippen LogP contribution in [0.1, 0.15) is 29.9 Å². The summed E-state index contributed by atoms with van der Waals surface area (Å²) in [6, 6.07) is 0. The van der Waals surface area contributed by atoms with Gasteiger partial charge >= 0.3 is 0 Å². The van der Waals surface area contributed by atoms with Crippen LogP contribution in [-0.4, -0.2) is 9.55 Å².